The first-order chi connectivity index (χ1) is 6.70. The topological polar surface area (TPSA) is 47.5 Å². The summed E-state index contributed by atoms with van der Waals surface area (Å²) in [4.78, 5) is 11.7. The first-order valence-corrected chi connectivity index (χ1v) is 4.55. The predicted molar refractivity (Wildman–Crippen MR) is 55.4 cm³/mol. The Bertz CT molecular complexity index is 471. The maximum Gasteiger partial charge on any atom is 0.181 e. The van der Waals surface area contributed by atoms with Crippen molar-refractivity contribution in [1.29, 1.82) is 0 Å². The van der Waals surface area contributed by atoms with Crippen LogP contribution in [-0.2, 0) is 0 Å². The molecule has 0 aliphatic rings. The highest BCUT2D eigenvalue weighted by atomic mass is 16.1. The Morgan fingerprint density at radius 2 is 2.14 bits per heavy atom. The molecule has 72 valence electrons. The Labute approximate surface area is 82.1 Å². The van der Waals surface area contributed by atoms with E-state index in [1.165, 1.54) is 0 Å². The maximum absolute atomic E-state index is 11.7. The molecule has 0 saturated carbocycles. The molecule has 0 radical (unpaired) electrons. The van der Waals surface area contributed by atoms with Gasteiger partial charge < -0.3 is 10.1 Å². The number of Topliss-reactive ketones (excluding diaryl/α,β-unsaturated/α-hetero) is 1. The van der Waals surface area contributed by atoms with Gasteiger partial charge in [-0.1, -0.05) is 6.07 Å². The fourth-order valence-electron chi connectivity index (χ4n) is 1.51. The largest absolute Gasteiger partial charge is 0.323 e. The number of aromatic nitrogens is 1. The first-order valence-electron chi connectivity index (χ1n) is 4.55. The minimum atomic E-state index is -0.443. The van der Waals surface area contributed by atoms with Gasteiger partial charge in [-0.3, -0.25) is 4.79 Å². The van der Waals surface area contributed by atoms with Crippen molar-refractivity contribution in [3.63, 3.8) is 0 Å². The second-order valence-corrected chi connectivity index (χ2v) is 3.38. The Kier molecular flexibility index (Phi) is 2.09. The smallest absolute Gasteiger partial charge is 0.181 e. The number of ketones is 1. The van der Waals surface area contributed by atoms with Gasteiger partial charge in [0.05, 0.1) is 11.6 Å². The lowest BCUT2D eigenvalue weighted by atomic mass is 10.1. The number of nitrogens with two attached hydrogens (primary N) is 1. The molecule has 0 amide bonds. The molecule has 3 heteroatoms. The molecule has 2 aromatic rings. The third-order valence-electron chi connectivity index (χ3n) is 2.25. The molecule has 3 nitrogen and oxygen atoms in total. The van der Waals surface area contributed by atoms with E-state index >= 15 is 0 Å². The first kappa shape index (κ1) is 8.97. The Hall–Kier alpha value is -1.61. The zero-order chi connectivity index (χ0) is 10.1. The monoisotopic (exact) mass is 188 g/mol. The zero-order valence-corrected chi connectivity index (χ0v) is 7.97. The van der Waals surface area contributed by atoms with Crippen molar-refractivity contribution in [3.05, 3.63) is 42.2 Å². The highest BCUT2D eigenvalue weighted by Crippen LogP contribution is 2.13. The average molecular weight is 188 g/mol. The molecular formula is C11H12N2O. The van der Waals surface area contributed by atoms with E-state index in [0.717, 1.165) is 5.52 Å². The molecule has 0 fully saturated rings. The molecule has 1 atom stereocenters. The molecule has 1 unspecified atom stereocenters. The molecule has 0 aliphatic heterocycles. The summed E-state index contributed by atoms with van der Waals surface area (Å²) in [7, 11) is 0. The van der Waals surface area contributed by atoms with E-state index in [-0.39, 0.29) is 5.78 Å². The van der Waals surface area contributed by atoms with Crippen LogP contribution >= 0.6 is 0 Å². The van der Waals surface area contributed by atoms with Gasteiger partial charge in [-0.2, -0.15) is 0 Å². The molecule has 2 rings (SSSR count). The van der Waals surface area contributed by atoms with Crippen molar-refractivity contribution in [2.45, 2.75) is 13.0 Å². The van der Waals surface area contributed by atoms with Gasteiger partial charge in [-0.05, 0) is 25.1 Å². The van der Waals surface area contributed by atoms with Crippen molar-refractivity contribution in [2.75, 3.05) is 0 Å². The van der Waals surface area contributed by atoms with Gasteiger partial charge in [0.2, 0.25) is 0 Å². The van der Waals surface area contributed by atoms with E-state index < -0.39 is 6.04 Å². The number of hydrogen-bond acceptors (Lipinski definition) is 2. The van der Waals surface area contributed by atoms with E-state index in [4.69, 9.17) is 5.73 Å². The number of nitrogens with zero attached hydrogens (tertiary/aromatic N) is 1. The summed E-state index contributed by atoms with van der Waals surface area (Å²) in [6.07, 6.45) is 3.78. The molecule has 0 bridgehead atoms. The van der Waals surface area contributed by atoms with Gasteiger partial charge in [0.25, 0.3) is 0 Å². The van der Waals surface area contributed by atoms with Crippen LogP contribution in [0.3, 0.4) is 0 Å². The second kappa shape index (κ2) is 3.27. The summed E-state index contributed by atoms with van der Waals surface area (Å²) in [6, 6.07) is 7.11. The van der Waals surface area contributed by atoms with Crippen molar-refractivity contribution in [1.82, 2.24) is 4.40 Å². The van der Waals surface area contributed by atoms with Crippen LogP contribution in [0.1, 0.15) is 17.3 Å². The fourth-order valence-corrected chi connectivity index (χ4v) is 1.51. The van der Waals surface area contributed by atoms with Crippen LogP contribution in [0.5, 0.6) is 0 Å². The molecular weight excluding hydrogens is 176 g/mol. The van der Waals surface area contributed by atoms with Crippen molar-refractivity contribution in [2.24, 2.45) is 5.73 Å². The lowest BCUT2D eigenvalue weighted by Gasteiger charge is -2.02. The van der Waals surface area contributed by atoms with E-state index in [0.29, 0.717) is 5.56 Å². The van der Waals surface area contributed by atoms with Gasteiger partial charge in [-0.25, -0.2) is 0 Å². The number of rotatable bonds is 2. The van der Waals surface area contributed by atoms with Crippen LogP contribution in [0.25, 0.3) is 5.52 Å². The number of fused-ring (bicyclic) bond motifs is 1. The summed E-state index contributed by atoms with van der Waals surface area (Å²) in [5, 5.41) is 0. The van der Waals surface area contributed by atoms with Crippen LogP contribution in [-0.4, -0.2) is 16.2 Å². The van der Waals surface area contributed by atoms with Crippen LogP contribution in [0.2, 0.25) is 0 Å². The highest BCUT2D eigenvalue weighted by Gasteiger charge is 2.14. The zero-order valence-electron chi connectivity index (χ0n) is 7.97. The summed E-state index contributed by atoms with van der Waals surface area (Å²) < 4.78 is 1.91. The van der Waals surface area contributed by atoms with E-state index in [1.54, 1.807) is 13.0 Å². The van der Waals surface area contributed by atoms with Gasteiger partial charge in [0.15, 0.2) is 5.78 Å². The SMILES string of the molecule is CC(N)C(=O)c1ccn2ccccc12. The van der Waals surface area contributed by atoms with E-state index in [1.807, 2.05) is 35.0 Å². The summed E-state index contributed by atoms with van der Waals surface area (Å²) in [6.45, 7) is 1.70. The van der Waals surface area contributed by atoms with E-state index in [9.17, 15) is 4.79 Å². The lowest BCUT2D eigenvalue weighted by molar-refractivity contribution is 0.0969. The summed E-state index contributed by atoms with van der Waals surface area (Å²) >= 11 is 0. The Morgan fingerprint density at radius 1 is 1.36 bits per heavy atom. The Balaban J connectivity index is 2.58. The van der Waals surface area contributed by atoms with Gasteiger partial charge >= 0.3 is 0 Å². The minimum Gasteiger partial charge on any atom is -0.323 e. The number of carbonyl (C=O) groups excluding carboxylic acids is 1. The van der Waals surface area contributed by atoms with Gasteiger partial charge in [0.1, 0.15) is 0 Å². The molecule has 2 heterocycles. The highest BCUT2D eigenvalue weighted by molar-refractivity contribution is 6.05. The molecule has 0 saturated heterocycles. The molecule has 14 heavy (non-hydrogen) atoms. The lowest BCUT2D eigenvalue weighted by Crippen LogP contribution is -2.26. The maximum atomic E-state index is 11.7. The number of pyridine rings is 1. The van der Waals surface area contributed by atoms with Crippen molar-refractivity contribution < 1.29 is 4.79 Å². The summed E-state index contributed by atoms with van der Waals surface area (Å²) in [5.74, 6) is -0.0151. The standard InChI is InChI=1S/C11H12N2O/c1-8(12)11(14)9-5-7-13-6-3-2-4-10(9)13/h2-8H,12H2,1H3. The quantitative estimate of drug-likeness (QED) is 0.725. The molecule has 2 N–H and O–H groups in total. The molecule has 0 aromatic carbocycles. The fraction of sp³-hybridized carbons (Fsp3) is 0.182. The van der Waals surface area contributed by atoms with E-state index in [2.05, 4.69) is 0 Å². The second-order valence-electron chi connectivity index (χ2n) is 3.38. The normalized spacial score (nSPS) is 13.0. The molecule has 0 aliphatic carbocycles. The third-order valence-corrected chi connectivity index (χ3v) is 2.25. The number of carbonyl (C=O) groups is 1. The van der Waals surface area contributed by atoms with Gasteiger partial charge in [0, 0.05) is 18.0 Å². The third kappa shape index (κ3) is 1.32. The average Bonchev–Trinajstić information content (AvgIpc) is 2.60. The minimum absolute atomic E-state index is 0.0151. The molecule has 0 spiro atoms. The van der Waals surface area contributed by atoms with Crippen LogP contribution in [0.15, 0.2) is 36.7 Å². The van der Waals surface area contributed by atoms with Crippen molar-refractivity contribution >= 4 is 11.3 Å². The van der Waals surface area contributed by atoms with Crippen LogP contribution in [0.4, 0.5) is 0 Å². The van der Waals surface area contributed by atoms with Gasteiger partial charge in [-0.15, -0.1) is 0 Å². The predicted octanol–water partition coefficient (Wildman–Crippen LogP) is 1.47. The van der Waals surface area contributed by atoms with Crippen LogP contribution in [0, 0.1) is 0 Å². The Morgan fingerprint density at radius 3 is 2.86 bits per heavy atom. The summed E-state index contributed by atoms with van der Waals surface area (Å²) in [5.41, 5.74) is 7.17. The number of hydrogen-bond donors (Lipinski definition) is 1. The molecule has 2 aromatic heterocycles. The van der Waals surface area contributed by atoms with Crippen molar-refractivity contribution in [3.8, 4) is 0 Å². The van der Waals surface area contributed by atoms with Crippen LogP contribution < -0.4 is 5.73 Å².